The second kappa shape index (κ2) is 7.84. The lowest BCUT2D eigenvalue weighted by Gasteiger charge is -2.38. The van der Waals surface area contributed by atoms with Gasteiger partial charge in [0.25, 0.3) is 5.91 Å². The van der Waals surface area contributed by atoms with Gasteiger partial charge >= 0.3 is 6.03 Å². The zero-order chi connectivity index (χ0) is 19.7. The van der Waals surface area contributed by atoms with Crippen molar-refractivity contribution in [2.24, 2.45) is 5.92 Å². The van der Waals surface area contributed by atoms with Crippen LogP contribution in [0, 0.1) is 5.92 Å². The average molecular weight is 385 g/mol. The minimum atomic E-state index is -0.753. The van der Waals surface area contributed by atoms with Crippen LogP contribution in [0.1, 0.15) is 45.1 Å². The SMILES string of the molecule is CC(C)CN(CN1C(=O)NC2(CCCN(Cc3ccccc3)C2)C1=O)C1CC1. The molecule has 3 aliphatic rings. The molecular formula is C22H32N4O2. The summed E-state index contributed by atoms with van der Waals surface area (Å²) in [5.41, 5.74) is 0.488. The molecule has 1 spiro atoms. The van der Waals surface area contributed by atoms with E-state index in [4.69, 9.17) is 0 Å². The van der Waals surface area contributed by atoms with Crippen LogP contribution in [-0.2, 0) is 11.3 Å². The Bertz CT molecular complexity index is 719. The minimum absolute atomic E-state index is 0.0373. The molecule has 6 heteroatoms. The Hall–Kier alpha value is -1.92. The zero-order valence-corrected chi connectivity index (χ0v) is 17.1. The number of nitrogens with zero attached hydrogens (tertiary/aromatic N) is 3. The summed E-state index contributed by atoms with van der Waals surface area (Å²) in [5, 5.41) is 3.07. The Labute approximate surface area is 167 Å². The van der Waals surface area contributed by atoms with Crippen molar-refractivity contribution < 1.29 is 9.59 Å². The summed E-state index contributed by atoms with van der Waals surface area (Å²) in [5.74, 6) is 0.482. The summed E-state index contributed by atoms with van der Waals surface area (Å²) in [7, 11) is 0. The molecule has 1 aromatic carbocycles. The molecule has 3 fully saturated rings. The molecule has 1 atom stereocenters. The lowest BCUT2D eigenvalue weighted by Crippen LogP contribution is -2.58. The number of piperidine rings is 1. The number of imide groups is 1. The van der Waals surface area contributed by atoms with Crippen LogP contribution in [0.2, 0.25) is 0 Å². The van der Waals surface area contributed by atoms with Gasteiger partial charge in [-0.25, -0.2) is 9.69 Å². The first-order chi connectivity index (χ1) is 13.5. The van der Waals surface area contributed by atoms with E-state index >= 15 is 0 Å². The molecule has 1 aliphatic carbocycles. The van der Waals surface area contributed by atoms with E-state index < -0.39 is 5.54 Å². The maximum atomic E-state index is 13.3. The van der Waals surface area contributed by atoms with Crippen molar-refractivity contribution >= 4 is 11.9 Å². The van der Waals surface area contributed by atoms with Crippen molar-refractivity contribution in [1.29, 1.82) is 0 Å². The molecule has 2 aliphatic heterocycles. The third-order valence-electron chi connectivity index (χ3n) is 6.05. The second-order valence-electron chi connectivity index (χ2n) is 9.08. The van der Waals surface area contributed by atoms with Crippen LogP contribution >= 0.6 is 0 Å². The lowest BCUT2D eigenvalue weighted by molar-refractivity contribution is -0.135. The molecular weight excluding hydrogens is 352 g/mol. The standard InChI is InChI=1S/C22H32N4O2/c1-17(2)13-25(19-9-10-19)16-26-20(27)22(23-21(26)28)11-6-12-24(15-22)14-18-7-4-3-5-8-18/h3-5,7-8,17,19H,6,9-16H2,1-2H3,(H,23,28). The number of carbonyl (C=O) groups is 2. The monoisotopic (exact) mass is 384 g/mol. The number of urea groups is 1. The minimum Gasteiger partial charge on any atom is -0.322 e. The van der Waals surface area contributed by atoms with Gasteiger partial charge in [-0.1, -0.05) is 44.2 Å². The molecule has 0 radical (unpaired) electrons. The Morgan fingerprint density at radius 2 is 1.96 bits per heavy atom. The highest BCUT2D eigenvalue weighted by Crippen LogP contribution is 2.32. The van der Waals surface area contributed by atoms with Crippen LogP contribution < -0.4 is 5.32 Å². The van der Waals surface area contributed by atoms with Crippen LogP contribution in [0.15, 0.2) is 30.3 Å². The Balaban J connectivity index is 1.44. The quantitative estimate of drug-likeness (QED) is 0.735. The Morgan fingerprint density at radius 3 is 2.64 bits per heavy atom. The van der Waals surface area contributed by atoms with E-state index in [1.54, 1.807) is 0 Å². The summed E-state index contributed by atoms with van der Waals surface area (Å²) in [6.45, 7) is 8.09. The van der Waals surface area contributed by atoms with Crippen LogP contribution in [-0.4, -0.2) is 64.5 Å². The number of amides is 3. The van der Waals surface area contributed by atoms with Gasteiger partial charge < -0.3 is 5.32 Å². The molecule has 0 aromatic heterocycles. The molecule has 152 valence electrons. The smallest absolute Gasteiger partial charge is 0.322 e. The number of rotatable bonds is 7. The van der Waals surface area contributed by atoms with Crippen LogP contribution in [0.4, 0.5) is 4.79 Å². The predicted octanol–water partition coefficient (Wildman–Crippen LogP) is 2.65. The summed E-state index contributed by atoms with van der Waals surface area (Å²) in [6.07, 6.45) is 4.00. The van der Waals surface area contributed by atoms with Gasteiger partial charge in [-0.15, -0.1) is 0 Å². The van der Waals surface area contributed by atoms with E-state index in [-0.39, 0.29) is 11.9 Å². The number of benzene rings is 1. The second-order valence-corrected chi connectivity index (χ2v) is 9.08. The van der Waals surface area contributed by atoms with Gasteiger partial charge in [-0.05, 0) is 43.7 Å². The number of likely N-dealkylation sites (tertiary alicyclic amines) is 1. The highest BCUT2D eigenvalue weighted by atomic mass is 16.2. The van der Waals surface area contributed by atoms with E-state index in [2.05, 4.69) is 41.1 Å². The van der Waals surface area contributed by atoms with Crippen molar-refractivity contribution in [1.82, 2.24) is 20.0 Å². The van der Waals surface area contributed by atoms with Gasteiger partial charge in [0.2, 0.25) is 0 Å². The van der Waals surface area contributed by atoms with Crippen molar-refractivity contribution in [2.45, 2.75) is 57.7 Å². The Kier molecular flexibility index (Phi) is 5.43. The van der Waals surface area contributed by atoms with Crippen molar-refractivity contribution in [2.75, 3.05) is 26.3 Å². The fourth-order valence-electron chi connectivity index (χ4n) is 4.61. The van der Waals surface area contributed by atoms with Crippen LogP contribution in [0.5, 0.6) is 0 Å². The lowest BCUT2D eigenvalue weighted by atomic mass is 9.88. The number of nitrogens with one attached hydrogen (secondary N) is 1. The van der Waals surface area contributed by atoms with Gasteiger partial charge in [0.05, 0.1) is 6.67 Å². The van der Waals surface area contributed by atoms with Crippen molar-refractivity contribution in [3.05, 3.63) is 35.9 Å². The normalized spacial score (nSPS) is 25.9. The first-order valence-corrected chi connectivity index (χ1v) is 10.6. The summed E-state index contributed by atoms with van der Waals surface area (Å²) >= 11 is 0. The summed E-state index contributed by atoms with van der Waals surface area (Å²) in [4.78, 5) is 32.2. The van der Waals surface area contributed by atoms with Gasteiger partial charge in [-0.3, -0.25) is 14.6 Å². The summed E-state index contributed by atoms with van der Waals surface area (Å²) in [6, 6.07) is 10.6. The van der Waals surface area contributed by atoms with Gasteiger partial charge in [-0.2, -0.15) is 0 Å². The highest BCUT2D eigenvalue weighted by molar-refractivity contribution is 6.07. The van der Waals surface area contributed by atoms with E-state index in [1.807, 2.05) is 18.2 Å². The predicted molar refractivity (Wildman–Crippen MR) is 108 cm³/mol. The molecule has 3 amide bonds. The maximum absolute atomic E-state index is 13.3. The molecule has 1 saturated carbocycles. The maximum Gasteiger partial charge on any atom is 0.326 e. The number of hydrogen-bond donors (Lipinski definition) is 1. The third kappa shape index (κ3) is 4.08. The largest absolute Gasteiger partial charge is 0.326 e. The first-order valence-electron chi connectivity index (χ1n) is 10.6. The molecule has 2 saturated heterocycles. The van der Waals surface area contributed by atoms with E-state index in [0.29, 0.717) is 25.2 Å². The summed E-state index contributed by atoms with van der Waals surface area (Å²) < 4.78 is 0. The highest BCUT2D eigenvalue weighted by Gasteiger charge is 2.53. The van der Waals surface area contributed by atoms with Crippen LogP contribution in [0.3, 0.4) is 0 Å². The first kappa shape index (κ1) is 19.4. The fourth-order valence-corrected chi connectivity index (χ4v) is 4.61. The molecule has 6 nitrogen and oxygen atoms in total. The van der Waals surface area contributed by atoms with Crippen LogP contribution in [0.25, 0.3) is 0 Å². The average Bonchev–Trinajstić information content (AvgIpc) is 3.47. The van der Waals surface area contributed by atoms with Crippen molar-refractivity contribution in [3.63, 3.8) is 0 Å². The van der Waals surface area contributed by atoms with Gasteiger partial charge in [0.15, 0.2) is 0 Å². The number of carbonyl (C=O) groups excluding carboxylic acids is 2. The number of hydrogen-bond acceptors (Lipinski definition) is 4. The van der Waals surface area contributed by atoms with Gasteiger partial charge in [0.1, 0.15) is 5.54 Å². The Morgan fingerprint density at radius 1 is 1.21 bits per heavy atom. The van der Waals surface area contributed by atoms with E-state index in [1.165, 1.54) is 23.3 Å². The zero-order valence-electron chi connectivity index (χ0n) is 17.1. The topological polar surface area (TPSA) is 55.9 Å². The molecule has 2 heterocycles. The molecule has 1 unspecified atom stereocenters. The molecule has 0 bridgehead atoms. The van der Waals surface area contributed by atoms with E-state index in [9.17, 15) is 9.59 Å². The van der Waals surface area contributed by atoms with Crippen molar-refractivity contribution in [3.8, 4) is 0 Å². The fraction of sp³-hybridized carbons (Fsp3) is 0.636. The molecule has 4 rings (SSSR count). The van der Waals surface area contributed by atoms with Gasteiger partial charge in [0, 0.05) is 25.7 Å². The molecule has 28 heavy (non-hydrogen) atoms. The molecule has 1 N–H and O–H groups in total. The van der Waals surface area contributed by atoms with E-state index in [0.717, 1.165) is 32.5 Å². The third-order valence-corrected chi connectivity index (χ3v) is 6.05. The molecule has 1 aromatic rings.